The number of hydrogen-bond acceptors (Lipinski definition) is 6. The number of phenolic OH excluding ortho intramolecular Hbond substituents is 1. The highest BCUT2D eigenvalue weighted by Crippen LogP contribution is 2.31. The molecule has 2 unspecified atom stereocenters. The van der Waals surface area contributed by atoms with E-state index >= 15 is 0 Å². The molecule has 126 valence electrons. The maximum atomic E-state index is 11.9. The predicted molar refractivity (Wildman–Crippen MR) is 91.1 cm³/mol. The van der Waals surface area contributed by atoms with Crippen molar-refractivity contribution in [3.63, 3.8) is 0 Å². The minimum Gasteiger partial charge on any atom is -0.504 e. The summed E-state index contributed by atoms with van der Waals surface area (Å²) in [6, 6.07) is 6.39. The van der Waals surface area contributed by atoms with Crippen LogP contribution in [0, 0.1) is 5.92 Å². The van der Waals surface area contributed by atoms with Gasteiger partial charge in [0.15, 0.2) is 11.5 Å². The van der Waals surface area contributed by atoms with Gasteiger partial charge in [-0.3, -0.25) is 0 Å². The third kappa shape index (κ3) is 2.76. The number of benzene rings is 1. The molecular weight excluding hydrogens is 310 g/mol. The minimum atomic E-state index is -0.689. The first-order chi connectivity index (χ1) is 11.4. The van der Waals surface area contributed by atoms with Crippen molar-refractivity contribution < 1.29 is 19.4 Å². The monoisotopic (exact) mass is 329 g/mol. The summed E-state index contributed by atoms with van der Waals surface area (Å²) in [5.74, 6) is 0.290. The van der Waals surface area contributed by atoms with E-state index in [1.54, 1.807) is 36.2 Å². The fraction of sp³-hybridized carbons (Fsp3) is 0.278. The molecule has 0 bridgehead atoms. The van der Waals surface area contributed by atoms with E-state index in [4.69, 9.17) is 9.15 Å². The quantitative estimate of drug-likeness (QED) is 0.862. The topological polar surface area (TPSA) is 83.1 Å². The molecule has 1 heterocycles. The van der Waals surface area contributed by atoms with E-state index in [2.05, 4.69) is 0 Å². The molecule has 6 nitrogen and oxygen atoms in total. The lowest BCUT2D eigenvalue weighted by Crippen LogP contribution is -2.40. The largest absolute Gasteiger partial charge is 0.504 e. The number of methoxy groups -OCH3 is 1. The Kier molecular flexibility index (Phi) is 4.07. The lowest BCUT2D eigenvalue weighted by molar-refractivity contribution is 0.202. The molecule has 1 aromatic heterocycles. The van der Waals surface area contributed by atoms with Crippen LogP contribution in [0.15, 0.2) is 33.5 Å². The minimum absolute atomic E-state index is 0.0121. The van der Waals surface area contributed by atoms with E-state index in [1.165, 1.54) is 13.2 Å². The lowest BCUT2D eigenvalue weighted by atomic mass is 9.98. The van der Waals surface area contributed by atoms with Gasteiger partial charge in [-0.25, -0.2) is 4.79 Å². The van der Waals surface area contributed by atoms with Crippen LogP contribution in [-0.2, 0) is 0 Å². The highest BCUT2D eigenvalue weighted by molar-refractivity contribution is 5.67. The summed E-state index contributed by atoms with van der Waals surface area (Å²) in [5.41, 5.74) is 1.18. The molecule has 6 heteroatoms. The van der Waals surface area contributed by atoms with E-state index in [9.17, 15) is 15.0 Å². The molecule has 2 N–H and O–H groups in total. The molecule has 3 rings (SSSR count). The molecule has 1 aliphatic rings. The SMILES string of the molecule is COc1ccc(N(C)c2cc(=O)oc3c2=CC(C)C(O)C=3)cc1O. The van der Waals surface area contributed by atoms with Gasteiger partial charge in [-0.1, -0.05) is 13.0 Å². The average molecular weight is 329 g/mol. The Labute approximate surface area is 138 Å². The highest BCUT2D eigenvalue weighted by atomic mass is 16.5. The number of aromatic hydroxyl groups is 1. The fourth-order valence-corrected chi connectivity index (χ4v) is 2.77. The number of phenols is 1. The predicted octanol–water partition coefficient (Wildman–Crippen LogP) is 0.693. The Morgan fingerprint density at radius 2 is 2.00 bits per heavy atom. The smallest absolute Gasteiger partial charge is 0.338 e. The second-order valence-electron chi connectivity index (χ2n) is 5.83. The first-order valence-electron chi connectivity index (χ1n) is 7.57. The van der Waals surface area contributed by atoms with Gasteiger partial charge in [-0.2, -0.15) is 0 Å². The van der Waals surface area contributed by atoms with E-state index in [1.807, 2.05) is 13.0 Å². The van der Waals surface area contributed by atoms with Gasteiger partial charge in [0.25, 0.3) is 0 Å². The fourth-order valence-electron chi connectivity index (χ4n) is 2.77. The lowest BCUT2D eigenvalue weighted by Gasteiger charge is -2.23. The molecule has 0 aliphatic heterocycles. The Morgan fingerprint density at radius 1 is 1.25 bits per heavy atom. The molecule has 0 fully saturated rings. The van der Waals surface area contributed by atoms with Gasteiger partial charge in [0.1, 0.15) is 5.42 Å². The number of rotatable bonds is 3. The van der Waals surface area contributed by atoms with Crippen LogP contribution in [0.3, 0.4) is 0 Å². The van der Waals surface area contributed by atoms with Crippen LogP contribution in [0.2, 0.25) is 0 Å². The average Bonchev–Trinajstić information content (AvgIpc) is 2.55. The zero-order valence-electron chi connectivity index (χ0n) is 13.7. The van der Waals surface area contributed by atoms with Crippen molar-refractivity contribution in [3.05, 3.63) is 45.3 Å². The van der Waals surface area contributed by atoms with Crippen molar-refractivity contribution in [3.8, 4) is 11.5 Å². The van der Waals surface area contributed by atoms with Gasteiger partial charge < -0.3 is 24.3 Å². The molecule has 2 aromatic rings. The molecule has 1 aromatic carbocycles. The second-order valence-corrected chi connectivity index (χ2v) is 5.83. The Hall–Kier alpha value is -2.73. The summed E-state index contributed by atoms with van der Waals surface area (Å²) < 4.78 is 10.3. The van der Waals surface area contributed by atoms with Crippen molar-refractivity contribution in [2.24, 2.45) is 5.92 Å². The molecule has 0 spiro atoms. The molecule has 24 heavy (non-hydrogen) atoms. The maximum Gasteiger partial charge on any atom is 0.338 e. The van der Waals surface area contributed by atoms with Crippen LogP contribution in [0.5, 0.6) is 11.5 Å². The number of aliphatic hydroxyl groups excluding tert-OH is 1. The third-order valence-corrected chi connectivity index (χ3v) is 4.21. The van der Waals surface area contributed by atoms with Gasteiger partial charge in [0, 0.05) is 36.0 Å². The van der Waals surface area contributed by atoms with Crippen molar-refractivity contribution >= 4 is 23.5 Å². The number of nitrogens with zero attached hydrogens (tertiary/aromatic N) is 1. The van der Waals surface area contributed by atoms with E-state index in [0.29, 0.717) is 22.5 Å². The first kappa shape index (κ1) is 16.1. The zero-order valence-corrected chi connectivity index (χ0v) is 13.7. The van der Waals surface area contributed by atoms with Crippen LogP contribution in [0.25, 0.3) is 12.2 Å². The van der Waals surface area contributed by atoms with E-state index < -0.39 is 11.7 Å². The Balaban J connectivity index is 2.17. The highest BCUT2D eigenvalue weighted by Gasteiger charge is 2.18. The molecule has 0 saturated carbocycles. The standard InChI is InChI=1S/C18H19NO5/c1-10-6-12-13(8-18(22)24-17(12)9-14(10)20)19(2)11-4-5-16(23-3)15(21)7-11/h4-10,14,20-21H,1-3H3. The second kappa shape index (κ2) is 6.05. The Bertz CT molecular complexity index is 947. The van der Waals surface area contributed by atoms with Crippen LogP contribution >= 0.6 is 0 Å². The summed E-state index contributed by atoms with van der Waals surface area (Å²) in [7, 11) is 3.27. The number of fused-ring (bicyclic) bond motifs is 1. The molecule has 0 amide bonds. The van der Waals surface area contributed by atoms with Crippen molar-refractivity contribution in [1.82, 2.24) is 0 Å². The summed E-state index contributed by atoms with van der Waals surface area (Å²) in [6.45, 7) is 1.89. The number of hydrogen-bond donors (Lipinski definition) is 2. The normalized spacial score (nSPS) is 19.0. The van der Waals surface area contributed by atoms with Gasteiger partial charge in [-0.05, 0) is 18.2 Å². The first-order valence-corrected chi connectivity index (χ1v) is 7.57. The van der Waals surface area contributed by atoms with Gasteiger partial charge >= 0.3 is 5.63 Å². The summed E-state index contributed by atoms with van der Waals surface area (Å²) in [5, 5.41) is 20.7. The maximum absolute atomic E-state index is 11.9. The van der Waals surface area contributed by atoms with Crippen LogP contribution in [0.1, 0.15) is 6.92 Å². The van der Waals surface area contributed by atoms with Gasteiger partial charge in [-0.15, -0.1) is 0 Å². The molecule has 0 radical (unpaired) electrons. The third-order valence-electron chi connectivity index (χ3n) is 4.21. The summed E-state index contributed by atoms with van der Waals surface area (Å²) >= 11 is 0. The number of ether oxygens (including phenoxy) is 1. The molecule has 2 atom stereocenters. The van der Waals surface area contributed by atoms with Gasteiger partial charge in [0.2, 0.25) is 0 Å². The molecular formula is C18H19NO5. The van der Waals surface area contributed by atoms with Crippen LogP contribution in [-0.4, -0.2) is 30.5 Å². The summed E-state index contributed by atoms with van der Waals surface area (Å²) in [4.78, 5) is 13.7. The van der Waals surface area contributed by atoms with Crippen LogP contribution < -0.4 is 25.9 Å². The van der Waals surface area contributed by atoms with Gasteiger partial charge in [0.05, 0.1) is 18.9 Å². The van der Waals surface area contributed by atoms with E-state index in [0.717, 1.165) is 5.22 Å². The van der Waals surface area contributed by atoms with Crippen molar-refractivity contribution in [2.75, 3.05) is 19.1 Å². The molecule has 1 aliphatic carbocycles. The summed E-state index contributed by atoms with van der Waals surface area (Å²) in [6.07, 6.45) is 2.73. The van der Waals surface area contributed by atoms with Crippen molar-refractivity contribution in [1.29, 1.82) is 0 Å². The van der Waals surface area contributed by atoms with Crippen molar-refractivity contribution in [2.45, 2.75) is 13.0 Å². The zero-order chi connectivity index (χ0) is 17.4. The Morgan fingerprint density at radius 3 is 2.67 bits per heavy atom. The van der Waals surface area contributed by atoms with E-state index in [-0.39, 0.29) is 11.7 Å². The van der Waals surface area contributed by atoms with Crippen LogP contribution in [0.4, 0.5) is 11.4 Å². The number of aliphatic hydroxyl groups is 1. The molecule has 0 saturated heterocycles. The number of anilines is 2.